The number of anilines is 1. The van der Waals surface area contributed by atoms with E-state index in [9.17, 15) is 22.8 Å². The smallest absolute Gasteiger partial charge is 0.321 e. The maximum Gasteiger partial charge on any atom is 0.332 e. The minimum atomic E-state index is -3.58. The summed E-state index contributed by atoms with van der Waals surface area (Å²) in [6, 6.07) is 5.72. The molecule has 1 aliphatic heterocycles. The molecule has 0 radical (unpaired) electrons. The van der Waals surface area contributed by atoms with Crippen molar-refractivity contribution < 1.29 is 13.2 Å². The summed E-state index contributed by atoms with van der Waals surface area (Å²) in [4.78, 5) is 42.6. The highest BCUT2D eigenvalue weighted by atomic mass is 32.2. The molecule has 3 heterocycles. The van der Waals surface area contributed by atoms with Gasteiger partial charge in [0.1, 0.15) is 5.39 Å². The largest absolute Gasteiger partial charge is 0.332 e. The second-order valence-corrected chi connectivity index (χ2v) is 9.94. The maximum absolute atomic E-state index is 13.0. The van der Waals surface area contributed by atoms with E-state index in [1.54, 1.807) is 0 Å². The summed E-state index contributed by atoms with van der Waals surface area (Å²) >= 11 is 0. The van der Waals surface area contributed by atoms with Crippen LogP contribution in [-0.2, 0) is 30.5 Å². The van der Waals surface area contributed by atoms with Gasteiger partial charge in [0, 0.05) is 38.9 Å². The molecule has 1 amide bonds. The summed E-state index contributed by atoms with van der Waals surface area (Å²) in [6.45, 7) is 2.86. The van der Waals surface area contributed by atoms with E-state index in [-0.39, 0.29) is 27.2 Å². The quantitative estimate of drug-likeness (QED) is 0.597. The molecule has 0 unspecified atom stereocenters. The average Bonchev–Trinajstić information content (AvgIpc) is 3.37. The molecule has 0 spiro atoms. The monoisotopic (exact) mass is 471 g/mol. The number of aromatic nitrogens is 3. The van der Waals surface area contributed by atoms with Gasteiger partial charge in [0.2, 0.25) is 10.0 Å². The van der Waals surface area contributed by atoms with Crippen molar-refractivity contribution in [3.8, 4) is 0 Å². The molecule has 0 atom stereocenters. The first kappa shape index (κ1) is 22.9. The lowest BCUT2D eigenvalue weighted by molar-refractivity contribution is 0.102. The Morgan fingerprint density at radius 3 is 2.30 bits per heavy atom. The Kier molecular flexibility index (Phi) is 5.93. The van der Waals surface area contributed by atoms with Crippen LogP contribution in [-0.4, -0.2) is 45.8 Å². The Morgan fingerprint density at radius 2 is 1.70 bits per heavy atom. The molecule has 10 nitrogen and oxygen atoms in total. The van der Waals surface area contributed by atoms with E-state index in [1.165, 1.54) is 53.4 Å². The predicted molar refractivity (Wildman–Crippen MR) is 124 cm³/mol. The Hall–Kier alpha value is -3.31. The van der Waals surface area contributed by atoms with Gasteiger partial charge in [0.05, 0.1) is 10.6 Å². The summed E-state index contributed by atoms with van der Waals surface area (Å²) in [5.74, 6) is -0.502. The zero-order valence-electron chi connectivity index (χ0n) is 18.7. The lowest BCUT2D eigenvalue weighted by Crippen LogP contribution is -2.38. The highest BCUT2D eigenvalue weighted by Gasteiger charge is 2.27. The number of benzene rings is 1. The van der Waals surface area contributed by atoms with Crippen LogP contribution in [0.4, 0.5) is 5.69 Å². The summed E-state index contributed by atoms with van der Waals surface area (Å²) < 4.78 is 29.1. The maximum atomic E-state index is 13.0. The minimum Gasteiger partial charge on any atom is -0.321 e. The molecule has 1 N–H and O–H groups in total. The fourth-order valence-electron chi connectivity index (χ4n) is 4.02. The molecule has 4 rings (SSSR count). The third-order valence-electron chi connectivity index (χ3n) is 5.99. The molecule has 0 saturated carbocycles. The second-order valence-electron chi connectivity index (χ2n) is 8.01. The van der Waals surface area contributed by atoms with Crippen LogP contribution in [0.5, 0.6) is 0 Å². The van der Waals surface area contributed by atoms with Crippen LogP contribution in [0.25, 0.3) is 11.0 Å². The summed E-state index contributed by atoms with van der Waals surface area (Å²) in [5, 5.41) is 2.92. The molecule has 33 heavy (non-hydrogen) atoms. The van der Waals surface area contributed by atoms with Gasteiger partial charge in [-0.3, -0.25) is 18.7 Å². The third-order valence-corrected chi connectivity index (χ3v) is 7.90. The van der Waals surface area contributed by atoms with E-state index < -0.39 is 27.2 Å². The van der Waals surface area contributed by atoms with Crippen LogP contribution in [0.3, 0.4) is 0 Å². The zero-order valence-corrected chi connectivity index (χ0v) is 19.5. The van der Waals surface area contributed by atoms with Crippen LogP contribution in [0.2, 0.25) is 0 Å². The number of nitrogens with zero attached hydrogens (tertiary/aromatic N) is 4. The molecule has 1 aliphatic rings. The van der Waals surface area contributed by atoms with Crippen molar-refractivity contribution in [2.45, 2.75) is 31.1 Å². The van der Waals surface area contributed by atoms with Crippen molar-refractivity contribution in [2.24, 2.45) is 14.1 Å². The van der Waals surface area contributed by atoms with Gasteiger partial charge in [0.25, 0.3) is 11.5 Å². The first-order valence-corrected chi connectivity index (χ1v) is 12.1. The Balaban J connectivity index is 1.72. The van der Waals surface area contributed by atoms with E-state index in [2.05, 4.69) is 10.3 Å². The zero-order chi connectivity index (χ0) is 23.9. The van der Waals surface area contributed by atoms with Crippen LogP contribution >= 0.6 is 0 Å². The van der Waals surface area contributed by atoms with Gasteiger partial charge in [0.15, 0.2) is 5.65 Å². The van der Waals surface area contributed by atoms with Crippen LogP contribution in [0.1, 0.15) is 35.7 Å². The average molecular weight is 472 g/mol. The number of hydrogen-bond acceptors (Lipinski definition) is 6. The topological polar surface area (TPSA) is 123 Å². The van der Waals surface area contributed by atoms with E-state index >= 15 is 0 Å². The number of carbonyl (C=O) groups excluding carboxylic acids is 1. The van der Waals surface area contributed by atoms with E-state index in [1.807, 2.05) is 6.92 Å². The van der Waals surface area contributed by atoms with Crippen LogP contribution in [0, 0.1) is 0 Å². The number of hydrogen-bond donors (Lipinski definition) is 1. The Labute approximate surface area is 190 Å². The van der Waals surface area contributed by atoms with Gasteiger partial charge >= 0.3 is 5.69 Å². The van der Waals surface area contributed by atoms with Gasteiger partial charge in [-0.15, -0.1) is 0 Å². The first-order valence-electron chi connectivity index (χ1n) is 10.7. The molecular weight excluding hydrogens is 446 g/mol. The van der Waals surface area contributed by atoms with Gasteiger partial charge < -0.3 is 5.32 Å². The van der Waals surface area contributed by atoms with Crippen LogP contribution in [0.15, 0.2) is 44.9 Å². The van der Waals surface area contributed by atoms with Gasteiger partial charge in [-0.1, -0.05) is 6.92 Å². The van der Waals surface area contributed by atoms with Crippen molar-refractivity contribution in [1.82, 2.24) is 18.4 Å². The first-order chi connectivity index (χ1) is 15.7. The standard InChI is InChI=1S/C22H25N5O5S/c1-4-14-13-23-19-17(21(29)26(3)22(30)25(19)2)18(14)24-20(28)15-7-9-16(10-8-15)33(31,32)27-11-5-6-12-27/h7-10,13H,4-6,11-12H2,1-3H3,(H,23,24,28). The summed E-state index contributed by atoms with van der Waals surface area (Å²) in [5.41, 5.74) is 0.263. The van der Waals surface area contributed by atoms with Crippen molar-refractivity contribution in [3.05, 3.63) is 62.4 Å². The highest BCUT2D eigenvalue weighted by molar-refractivity contribution is 7.89. The van der Waals surface area contributed by atoms with Crippen molar-refractivity contribution in [2.75, 3.05) is 18.4 Å². The molecule has 0 aliphatic carbocycles. The number of fused-ring (bicyclic) bond motifs is 1. The number of amides is 1. The number of carbonyl (C=O) groups is 1. The molecule has 11 heteroatoms. The molecule has 1 fully saturated rings. The minimum absolute atomic E-state index is 0.133. The molecule has 3 aromatic rings. The Bertz CT molecular complexity index is 1470. The number of rotatable bonds is 5. The molecule has 2 aromatic heterocycles. The van der Waals surface area contributed by atoms with E-state index in [0.29, 0.717) is 25.1 Å². The SMILES string of the molecule is CCc1cnc2c(c1NC(=O)c1ccc(S(=O)(=O)N3CCCC3)cc1)c(=O)n(C)c(=O)n2C. The highest BCUT2D eigenvalue weighted by Crippen LogP contribution is 2.25. The number of sulfonamides is 1. The third kappa shape index (κ3) is 3.87. The molecule has 174 valence electrons. The fraction of sp³-hybridized carbons (Fsp3) is 0.364. The summed E-state index contributed by atoms with van der Waals surface area (Å²) in [7, 11) is -0.705. The van der Waals surface area contributed by atoms with Crippen molar-refractivity contribution in [1.29, 1.82) is 0 Å². The van der Waals surface area contributed by atoms with Crippen molar-refractivity contribution >= 4 is 32.7 Å². The molecule has 0 bridgehead atoms. The van der Waals surface area contributed by atoms with Crippen molar-refractivity contribution in [3.63, 3.8) is 0 Å². The van der Waals surface area contributed by atoms with E-state index in [4.69, 9.17) is 0 Å². The molecular formula is C22H25N5O5S. The van der Waals surface area contributed by atoms with Crippen LogP contribution < -0.4 is 16.6 Å². The van der Waals surface area contributed by atoms with Gasteiger partial charge in [-0.2, -0.15) is 4.31 Å². The fourth-order valence-corrected chi connectivity index (χ4v) is 5.54. The lowest BCUT2D eigenvalue weighted by Gasteiger charge is -2.16. The Morgan fingerprint density at radius 1 is 1.06 bits per heavy atom. The molecule has 1 saturated heterocycles. The normalized spacial score (nSPS) is 14.6. The van der Waals surface area contributed by atoms with E-state index in [0.717, 1.165) is 17.4 Å². The second kappa shape index (κ2) is 8.56. The predicted octanol–water partition coefficient (Wildman–Crippen LogP) is 1.23. The number of nitrogens with one attached hydrogen (secondary N) is 1. The number of pyridine rings is 1. The molecule has 1 aromatic carbocycles. The lowest BCUT2D eigenvalue weighted by atomic mass is 10.1. The number of aryl methyl sites for hydroxylation is 2. The summed E-state index contributed by atoms with van der Waals surface area (Å²) in [6.07, 6.45) is 3.70. The van der Waals surface area contributed by atoms with Gasteiger partial charge in [-0.05, 0) is 49.1 Å². The van der Waals surface area contributed by atoms with Gasteiger partial charge in [-0.25, -0.2) is 18.2 Å².